The first kappa shape index (κ1) is 14.5. The maximum absolute atomic E-state index is 5.56. The van der Waals surface area contributed by atoms with Gasteiger partial charge >= 0.3 is 17.1 Å². The Morgan fingerprint density at radius 1 is 0.857 bits per heavy atom. The minimum absolute atomic E-state index is 0. The van der Waals surface area contributed by atoms with E-state index in [-0.39, 0.29) is 23.1 Å². The number of hydrogen-bond donors (Lipinski definition) is 1. The van der Waals surface area contributed by atoms with E-state index in [4.69, 9.17) is 5.73 Å². The van der Waals surface area contributed by atoms with Crippen LogP contribution in [0.1, 0.15) is 6.92 Å². The van der Waals surface area contributed by atoms with Crippen molar-refractivity contribution in [1.29, 1.82) is 0 Å². The third kappa shape index (κ3) is 6.06. The van der Waals surface area contributed by atoms with E-state index in [0.717, 1.165) is 0 Å². The van der Waals surface area contributed by atoms with E-state index in [1.807, 2.05) is 64.7 Å². The minimum Gasteiger partial charge on any atom is -0.327 e. The smallest absolute Gasteiger partial charge is 0.327 e. The van der Waals surface area contributed by atoms with Gasteiger partial charge in [-0.1, -0.05) is 0 Å². The molecule has 2 rings (SSSR count). The quantitative estimate of drug-likeness (QED) is 0.681. The molecule has 0 aliphatic heterocycles. The number of hydrogen-bond acceptors (Lipinski definition) is 1. The first-order valence-corrected chi connectivity index (χ1v) is 4.44. The van der Waals surface area contributed by atoms with Crippen LogP contribution in [0, 0.1) is 63.7 Å². The normalized spacial score (nSPS) is 23.6. The second-order valence-corrected chi connectivity index (χ2v) is 2.97. The third-order valence-electron chi connectivity index (χ3n) is 1.77. The van der Waals surface area contributed by atoms with Crippen LogP contribution in [0.2, 0.25) is 0 Å². The van der Waals surface area contributed by atoms with Gasteiger partial charge < -0.3 is 5.73 Å². The molecule has 2 N–H and O–H groups in total. The Bertz CT molecular complexity index is 108. The van der Waals surface area contributed by atoms with Crippen molar-refractivity contribution in [2.75, 3.05) is 0 Å². The molecule has 2 saturated carbocycles. The molecule has 2 aliphatic carbocycles. The summed E-state index contributed by atoms with van der Waals surface area (Å²) in [5, 5.41) is 0. The standard InChI is InChI=1S/C7H10N.C5H5.Fe/c1-6(8)7-4-2-3-5-7;1-2-4-5-3-1;/h2-6H,8H2,1H3;1-5H;/q;;+2/t6-;;/m0../s1. The largest absolute Gasteiger partial charge is 2.00 e. The van der Waals surface area contributed by atoms with E-state index in [1.165, 1.54) is 5.92 Å². The summed E-state index contributed by atoms with van der Waals surface area (Å²) in [6.45, 7) is 1.98. The van der Waals surface area contributed by atoms with Crippen molar-refractivity contribution in [3.8, 4) is 0 Å². The first-order chi connectivity index (χ1) is 6.30. The average molecular weight is 229 g/mol. The van der Waals surface area contributed by atoms with Crippen LogP contribution in [0.3, 0.4) is 0 Å². The molecule has 10 radical (unpaired) electrons. The predicted molar refractivity (Wildman–Crippen MR) is 55.6 cm³/mol. The number of nitrogens with two attached hydrogens (primary N) is 1. The maximum atomic E-state index is 5.56. The molecule has 0 saturated heterocycles. The molecule has 1 nitrogen and oxygen atoms in total. The van der Waals surface area contributed by atoms with Gasteiger partial charge in [-0.3, -0.25) is 0 Å². The van der Waals surface area contributed by atoms with Gasteiger partial charge in [-0.15, -0.1) is 0 Å². The fraction of sp³-hybridized carbons (Fsp3) is 0.167. The Labute approximate surface area is 99.7 Å². The SMILES string of the molecule is C[C@H](N)[C]1[CH][CH][CH][CH]1.[CH]1[CH][CH][CH][CH]1.[Fe+2]. The van der Waals surface area contributed by atoms with E-state index in [9.17, 15) is 0 Å². The molecule has 0 aromatic rings. The van der Waals surface area contributed by atoms with Crippen LogP contribution in [0.5, 0.6) is 0 Å². The van der Waals surface area contributed by atoms with Crippen molar-refractivity contribution in [3.05, 3.63) is 63.7 Å². The first-order valence-electron chi connectivity index (χ1n) is 4.44. The second kappa shape index (κ2) is 8.76. The van der Waals surface area contributed by atoms with Crippen LogP contribution in [0.15, 0.2) is 0 Å². The molecule has 0 spiro atoms. The van der Waals surface area contributed by atoms with Gasteiger partial charge in [0.05, 0.1) is 0 Å². The summed E-state index contributed by atoms with van der Waals surface area (Å²) >= 11 is 0. The average Bonchev–Trinajstić information content (AvgIpc) is 2.82. The van der Waals surface area contributed by atoms with E-state index >= 15 is 0 Å². The van der Waals surface area contributed by atoms with E-state index in [2.05, 4.69) is 0 Å². The summed E-state index contributed by atoms with van der Waals surface area (Å²) in [4.78, 5) is 0. The molecule has 2 heteroatoms. The molecular weight excluding hydrogens is 214 g/mol. The molecule has 1 atom stereocenters. The molecule has 0 heterocycles. The Balaban J connectivity index is 0.000000246. The van der Waals surface area contributed by atoms with Gasteiger partial charge in [0.15, 0.2) is 0 Å². The molecule has 0 aromatic carbocycles. The van der Waals surface area contributed by atoms with Crippen LogP contribution < -0.4 is 5.73 Å². The topological polar surface area (TPSA) is 26.0 Å². The van der Waals surface area contributed by atoms with E-state index in [1.54, 1.807) is 0 Å². The Morgan fingerprint density at radius 3 is 1.43 bits per heavy atom. The van der Waals surface area contributed by atoms with Crippen LogP contribution in [0.25, 0.3) is 0 Å². The molecular formula is C12H15FeN+2. The van der Waals surface area contributed by atoms with E-state index < -0.39 is 0 Å². The summed E-state index contributed by atoms with van der Waals surface area (Å²) in [7, 11) is 0. The molecule has 2 fully saturated rings. The van der Waals surface area contributed by atoms with Gasteiger partial charge in [-0.2, -0.15) is 0 Å². The molecule has 0 amide bonds. The van der Waals surface area contributed by atoms with Crippen molar-refractivity contribution >= 4 is 0 Å². The molecule has 14 heavy (non-hydrogen) atoms. The fourth-order valence-electron chi connectivity index (χ4n) is 1.01. The number of rotatable bonds is 1. The monoisotopic (exact) mass is 229 g/mol. The summed E-state index contributed by atoms with van der Waals surface area (Å²) in [5.74, 6) is 1.21. The molecule has 0 bridgehead atoms. The fourth-order valence-corrected chi connectivity index (χ4v) is 1.01. The van der Waals surface area contributed by atoms with Gasteiger partial charge in [0, 0.05) is 6.04 Å². The Kier molecular flexibility index (Phi) is 9.06. The maximum Gasteiger partial charge on any atom is 2.00 e. The van der Waals surface area contributed by atoms with Crippen LogP contribution in [0.4, 0.5) is 0 Å². The van der Waals surface area contributed by atoms with Crippen molar-refractivity contribution in [1.82, 2.24) is 0 Å². The summed E-state index contributed by atoms with van der Waals surface area (Å²) < 4.78 is 0. The predicted octanol–water partition coefficient (Wildman–Crippen LogP) is 1.76. The molecule has 74 valence electrons. The van der Waals surface area contributed by atoms with Crippen LogP contribution in [-0.2, 0) is 17.1 Å². The van der Waals surface area contributed by atoms with Crippen molar-refractivity contribution < 1.29 is 17.1 Å². The van der Waals surface area contributed by atoms with Gasteiger partial charge in [0.1, 0.15) is 0 Å². The summed E-state index contributed by atoms with van der Waals surface area (Å²) in [6.07, 6.45) is 18.1. The van der Waals surface area contributed by atoms with Crippen LogP contribution in [-0.4, -0.2) is 6.04 Å². The third-order valence-corrected chi connectivity index (χ3v) is 1.77. The van der Waals surface area contributed by atoms with Gasteiger partial charge in [0.2, 0.25) is 0 Å². The van der Waals surface area contributed by atoms with Gasteiger partial charge in [0.25, 0.3) is 0 Å². The Morgan fingerprint density at radius 2 is 1.21 bits per heavy atom. The molecule has 2 aliphatic rings. The minimum atomic E-state index is 0. The summed E-state index contributed by atoms with van der Waals surface area (Å²) in [6, 6.07) is 0.185. The van der Waals surface area contributed by atoms with Gasteiger partial charge in [-0.25, -0.2) is 0 Å². The zero-order valence-electron chi connectivity index (χ0n) is 8.20. The van der Waals surface area contributed by atoms with E-state index in [0.29, 0.717) is 0 Å². The second-order valence-electron chi connectivity index (χ2n) is 2.97. The van der Waals surface area contributed by atoms with Crippen LogP contribution >= 0.6 is 0 Å². The molecule has 0 aromatic heterocycles. The Hall–Kier alpha value is 0.479. The van der Waals surface area contributed by atoms with Gasteiger partial charge in [-0.05, 0) is 70.6 Å². The summed E-state index contributed by atoms with van der Waals surface area (Å²) in [5.41, 5.74) is 5.56. The zero-order valence-corrected chi connectivity index (χ0v) is 9.31. The van der Waals surface area contributed by atoms with Crippen molar-refractivity contribution in [3.63, 3.8) is 0 Å². The zero-order chi connectivity index (χ0) is 9.52. The van der Waals surface area contributed by atoms with Crippen molar-refractivity contribution in [2.24, 2.45) is 5.73 Å². The molecule has 0 unspecified atom stereocenters. The van der Waals surface area contributed by atoms with Crippen molar-refractivity contribution in [2.45, 2.75) is 13.0 Å².